The number of nitrogens with zero attached hydrogens (tertiary/aromatic N) is 2. The summed E-state index contributed by atoms with van der Waals surface area (Å²) in [4.78, 5) is 20.1. The number of aromatic amines is 1. The standard InChI is InChI=1S/C18H21N3O3/c1-23-15-7-6-14(13-16(15)24-2)18(22)21-11-9-20(10-12-21)17-5-3-4-8-19-17/h3-8,13H,9-12H2,1-2H3/p+1. The van der Waals surface area contributed by atoms with Gasteiger partial charge in [0.1, 0.15) is 13.1 Å². The Labute approximate surface area is 141 Å². The van der Waals surface area contributed by atoms with Gasteiger partial charge in [-0.1, -0.05) is 6.07 Å². The first-order valence-corrected chi connectivity index (χ1v) is 7.96. The maximum atomic E-state index is 12.7. The second-order valence-corrected chi connectivity index (χ2v) is 5.60. The van der Waals surface area contributed by atoms with Crippen LogP contribution in [0.1, 0.15) is 10.4 Å². The van der Waals surface area contributed by atoms with E-state index >= 15 is 0 Å². The van der Waals surface area contributed by atoms with E-state index in [-0.39, 0.29) is 5.91 Å². The summed E-state index contributed by atoms with van der Waals surface area (Å²) in [7, 11) is 3.15. The van der Waals surface area contributed by atoms with Gasteiger partial charge in [0, 0.05) is 11.6 Å². The van der Waals surface area contributed by atoms with E-state index in [1.165, 1.54) is 0 Å². The van der Waals surface area contributed by atoms with Gasteiger partial charge in [0.15, 0.2) is 11.5 Å². The minimum atomic E-state index is 0.0210. The van der Waals surface area contributed by atoms with Crippen LogP contribution in [-0.4, -0.2) is 51.2 Å². The third kappa shape index (κ3) is 3.27. The fraction of sp³-hybridized carbons (Fsp3) is 0.333. The van der Waals surface area contributed by atoms with Crippen molar-refractivity contribution in [2.45, 2.75) is 0 Å². The highest BCUT2D eigenvalue weighted by atomic mass is 16.5. The number of carbonyl (C=O) groups excluding carboxylic acids is 1. The van der Waals surface area contributed by atoms with E-state index < -0.39 is 0 Å². The van der Waals surface area contributed by atoms with E-state index in [1.54, 1.807) is 32.4 Å². The summed E-state index contributed by atoms with van der Waals surface area (Å²) >= 11 is 0. The summed E-state index contributed by atoms with van der Waals surface area (Å²) < 4.78 is 10.5. The van der Waals surface area contributed by atoms with Crippen LogP contribution in [0.2, 0.25) is 0 Å². The van der Waals surface area contributed by atoms with Crippen LogP contribution >= 0.6 is 0 Å². The molecule has 0 saturated carbocycles. The second-order valence-electron chi connectivity index (χ2n) is 5.60. The Balaban J connectivity index is 1.67. The van der Waals surface area contributed by atoms with Crippen LogP contribution in [0.25, 0.3) is 0 Å². The first-order chi connectivity index (χ1) is 11.7. The Morgan fingerprint density at radius 3 is 2.38 bits per heavy atom. The van der Waals surface area contributed by atoms with E-state index in [1.807, 2.05) is 29.3 Å². The highest BCUT2D eigenvalue weighted by Crippen LogP contribution is 2.28. The molecule has 0 bridgehead atoms. The van der Waals surface area contributed by atoms with Gasteiger partial charge in [-0.3, -0.25) is 9.69 Å². The van der Waals surface area contributed by atoms with Gasteiger partial charge in [0.25, 0.3) is 11.7 Å². The van der Waals surface area contributed by atoms with Crippen LogP contribution in [0.3, 0.4) is 0 Å². The number of benzene rings is 1. The molecule has 0 aliphatic carbocycles. The molecule has 0 unspecified atom stereocenters. The topological polar surface area (TPSA) is 56.2 Å². The molecule has 1 aromatic carbocycles. The number of ether oxygens (including phenoxy) is 2. The zero-order valence-electron chi connectivity index (χ0n) is 14.0. The highest BCUT2D eigenvalue weighted by Gasteiger charge is 2.27. The van der Waals surface area contributed by atoms with Gasteiger partial charge < -0.3 is 14.4 Å². The van der Waals surface area contributed by atoms with Crippen molar-refractivity contribution in [2.75, 3.05) is 45.3 Å². The maximum Gasteiger partial charge on any atom is 0.274 e. The fourth-order valence-electron chi connectivity index (χ4n) is 2.88. The van der Waals surface area contributed by atoms with E-state index in [0.29, 0.717) is 30.2 Å². The van der Waals surface area contributed by atoms with Crippen molar-refractivity contribution in [3.05, 3.63) is 48.2 Å². The van der Waals surface area contributed by atoms with Gasteiger partial charge in [-0.2, -0.15) is 0 Å². The number of piperazine rings is 1. The Bertz CT molecular complexity index is 698. The molecular weight excluding hydrogens is 306 g/mol. The minimum absolute atomic E-state index is 0.0210. The summed E-state index contributed by atoms with van der Waals surface area (Å²) in [6.07, 6.45) is 1.91. The Hall–Kier alpha value is -2.76. The molecule has 24 heavy (non-hydrogen) atoms. The smallest absolute Gasteiger partial charge is 0.274 e. The van der Waals surface area contributed by atoms with Crippen LogP contribution < -0.4 is 19.4 Å². The van der Waals surface area contributed by atoms with Gasteiger partial charge in [0.05, 0.1) is 33.5 Å². The second kappa shape index (κ2) is 7.21. The molecule has 0 radical (unpaired) electrons. The largest absolute Gasteiger partial charge is 0.493 e. The number of aromatic nitrogens is 1. The van der Waals surface area contributed by atoms with Crippen LogP contribution in [0, 0.1) is 0 Å². The maximum absolute atomic E-state index is 12.7. The molecule has 1 amide bonds. The van der Waals surface area contributed by atoms with E-state index in [4.69, 9.17) is 9.47 Å². The number of amides is 1. The number of hydrogen-bond donors (Lipinski definition) is 0. The predicted molar refractivity (Wildman–Crippen MR) is 90.7 cm³/mol. The number of carbonyl (C=O) groups is 1. The number of H-pyrrole nitrogens is 1. The summed E-state index contributed by atoms with van der Waals surface area (Å²) in [6, 6.07) is 11.3. The molecule has 0 atom stereocenters. The summed E-state index contributed by atoms with van der Waals surface area (Å²) in [6.45, 7) is 2.99. The van der Waals surface area contributed by atoms with Gasteiger partial charge in [-0.15, -0.1) is 0 Å². The summed E-state index contributed by atoms with van der Waals surface area (Å²) in [5, 5.41) is 0. The molecule has 6 nitrogen and oxygen atoms in total. The third-order valence-electron chi connectivity index (χ3n) is 4.23. The van der Waals surface area contributed by atoms with Crippen molar-refractivity contribution in [2.24, 2.45) is 0 Å². The van der Waals surface area contributed by atoms with Crippen molar-refractivity contribution in [1.29, 1.82) is 0 Å². The number of rotatable bonds is 4. The van der Waals surface area contributed by atoms with Gasteiger partial charge >= 0.3 is 0 Å². The van der Waals surface area contributed by atoms with Gasteiger partial charge in [-0.05, 0) is 24.3 Å². The normalized spacial score (nSPS) is 14.4. The van der Waals surface area contributed by atoms with Crippen molar-refractivity contribution in [3.8, 4) is 11.5 Å². The first kappa shape index (κ1) is 16.1. The first-order valence-electron chi connectivity index (χ1n) is 7.96. The SMILES string of the molecule is COc1ccc(C(=O)N2CCN(c3cccc[nH+]3)CC2)cc1OC. The van der Waals surface area contributed by atoms with E-state index in [2.05, 4.69) is 9.88 Å². The molecule has 6 heteroatoms. The number of nitrogens with one attached hydrogen (secondary N) is 1. The molecule has 1 fully saturated rings. The van der Waals surface area contributed by atoms with Crippen molar-refractivity contribution < 1.29 is 19.3 Å². The molecule has 2 aromatic rings. The Morgan fingerprint density at radius 2 is 1.75 bits per heavy atom. The zero-order chi connectivity index (χ0) is 16.9. The van der Waals surface area contributed by atoms with Crippen LogP contribution in [-0.2, 0) is 0 Å². The molecule has 1 aliphatic heterocycles. The lowest BCUT2D eigenvalue weighted by molar-refractivity contribution is -0.364. The number of methoxy groups -OCH3 is 2. The van der Waals surface area contributed by atoms with E-state index in [9.17, 15) is 4.79 Å². The van der Waals surface area contributed by atoms with Crippen LogP contribution in [0.4, 0.5) is 5.82 Å². The molecule has 2 heterocycles. The molecule has 1 aliphatic rings. The quantitative estimate of drug-likeness (QED) is 0.853. The highest BCUT2D eigenvalue weighted by molar-refractivity contribution is 5.95. The number of anilines is 1. The molecule has 1 N–H and O–H groups in total. The summed E-state index contributed by atoms with van der Waals surface area (Å²) in [5.41, 5.74) is 0.618. The average Bonchev–Trinajstić information content (AvgIpc) is 2.67. The van der Waals surface area contributed by atoms with Crippen molar-refractivity contribution in [3.63, 3.8) is 0 Å². The molecule has 0 spiro atoms. The average molecular weight is 328 g/mol. The molecule has 1 saturated heterocycles. The number of hydrogen-bond acceptors (Lipinski definition) is 4. The minimum Gasteiger partial charge on any atom is -0.493 e. The molecule has 1 aromatic heterocycles. The van der Waals surface area contributed by atoms with Crippen molar-refractivity contribution >= 4 is 11.7 Å². The van der Waals surface area contributed by atoms with Crippen molar-refractivity contribution in [1.82, 2.24) is 4.90 Å². The fourth-order valence-corrected chi connectivity index (χ4v) is 2.88. The lowest BCUT2D eigenvalue weighted by Gasteiger charge is -2.31. The lowest BCUT2D eigenvalue weighted by Crippen LogP contribution is -2.50. The molecular formula is C18H22N3O3+. The zero-order valence-corrected chi connectivity index (χ0v) is 14.0. The Kier molecular flexibility index (Phi) is 4.84. The third-order valence-corrected chi connectivity index (χ3v) is 4.23. The lowest BCUT2D eigenvalue weighted by atomic mass is 10.1. The number of pyridine rings is 1. The Morgan fingerprint density at radius 1 is 1.00 bits per heavy atom. The monoisotopic (exact) mass is 328 g/mol. The van der Waals surface area contributed by atoms with Gasteiger partial charge in [-0.25, -0.2) is 4.98 Å². The predicted octanol–water partition coefficient (Wildman–Crippen LogP) is 1.48. The summed E-state index contributed by atoms with van der Waals surface area (Å²) in [5.74, 6) is 2.29. The van der Waals surface area contributed by atoms with Gasteiger partial charge in [0.2, 0.25) is 0 Å². The van der Waals surface area contributed by atoms with E-state index in [0.717, 1.165) is 18.9 Å². The van der Waals surface area contributed by atoms with Crippen LogP contribution in [0.15, 0.2) is 42.6 Å². The molecule has 126 valence electrons. The molecule has 3 rings (SSSR count). The van der Waals surface area contributed by atoms with Crippen LogP contribution in [0.5, 0.6) is 11.5 Å².